The molecule has 0 aromatic carbocycles. The van der Waals surface area contributed by atoms with E-state index in [1.54, 1.807) is 25.7 Å². The highest BCUT2D eigenvalue weighted by Crippen LogP contribution is 2.17. The summed E-state index contributed by atoms with van der Waals surface area (Å²) >= 11 is 0. The van der Waals surface area contributed by atoms with E-state index in [0.29, 0.717) is 0 Å². The zero-order chi connectivity index (χ0) is 21.3. The Kier molecular flexibility index (Phi) is 9.99. The predicted molar refractivity (Wildman–Crippen MR) is 95.7 cm³/mol. The van der Waals surface area contributed by atoms with Crippen molar-refractivity contribution in [2.45, 2.75) is 59.7 Å². The Bertz CT molecular complexity index is 516. The van der Waals surface area contributed by atoms with Gasteiger partial charge in [0.25, 0.3) is 0 Å². The van der Waals surface area contributed by atoms with E-state index < -0.39 is 35.1 Å². The molecule has 0 radical (unpaired) electrons. The average molecular weight is 389 g/mol. The van der Waals surface area contributed by atoms with Crippen LogP contribution in [0, 0.1) is 0 Å². The average Bonchev–Trinajstić information content (AvgIpc) is 2.43. The lowest BCUT2D eigenvalue weighted by Gasteiger charge is -2.29. The molecular formula is C18H31NO8. The smallest absolute Gasteiger partial charge is 0.350 e. The highest BCUT2D eigenvalue weighted by molar-refractivity contribution is 5.83. The third kappa shape index (κ3) is 12.8. The minimum absolute atomic E-state index is 0.0676. The number of ether oxygens (including phenoxy) is 4. The standard InChI is InChI=1S/C18H31NO8/c1-13(20)24-10-8-19(9-11-25-14(2)21)12-15(22)26-18(6,7)16(23)27-17(3,4)5/h8-12H2,1-7H3. The molecule has 0 aromatic heterocycles. The van der Waals surface area contributed by atoms with Gasteiger partial charge in [0.05, 0.1) is 6.54 Å². The predicted octanol–water partition coefficient (Wildman–Crippen LogP) is 1.08. The molecule has 0 heterocycles. The van der Waals surface area contributed by atoms with Gasteiger partial charge in [-0.2, -0.15) is 0 Å². The van der Waals surface area contributed by atoms with Gasteiger partial charge in [-0.15, -0.1) is 0 Å². The van der Waals surface area contributed by atoms with E-state index in [0.717, 1.165) is 0 Å². The van der Waals surface area contributed by atoms with Gasteiger partial charge in [0.15, 0.2) is 0 Å². The molecule has 9 nitrogen and oxygen atoms in total. The van der Waals surface area contributed by atoms with Crippen molar-refractivity contribution in [3.63, 3.8) is 0 Å². The molecule has 27 heavy (non-hydrogen) atoms. The summed E-state index contributed by atoms with van der Waals surface area (Å²) in [4.78, 5) is 47.8. The summed E-state index contributed by atoms with van der Waals surface area (Å²) in [6, 6.07) is 0. The van der Waals surface area contributed by atoms with Crippen molar-refractivity contribution >= 4 is 23.9 Å². The molecule has 0 amide bonds. The molecule has 0 saturated carbocycles. The molecule has 0 fully saturated rings. The Morgan fingerprint density at radius 1 is 0.778 bits per heavy atom. The van der Waals surface area contributed by atoms with E-state index in [4.69, 9.17) is 18.9 Å². The number of rotatable bonds is 10. The molecule has 0 bridgehead atoms. The Balaban J connectivity index is 4.75. The van der Waals surface area contributed by atoms with Crippen molar-refractivity contribution in [2.75, 3.05) is 32.8 Å². The molecule has 9 heteroatoms. The van der Waals surface area contributed by atoms with Crippen LogP contribution in [0.4, 0.5) is 0 Å². The fourth-order valence-corrected chi connectivity index (χ4v) is 1.85. The number of esters is 4. The first kappa shape index (κ1) is 24.8. The zero-order valence-electron chi connectivity index (χ0n) is 17.2. The summed E-state index contributed by atoms with van der Waals surface area (Å²) in [5.74, 6) is -2.20. The topological polar surface area (TPSA) is 108 Å². The molecule has 0 unspecified atom stereocenters. The monoisotopic (exact) mass is 389 g/mol. The summed E-state index contributed by atoms with van der Waals surface area (Å²) < 4.78 is 20.2. The highest BCUT2D eigenvalue weighted by Gasteiger charge is 2.36. The van der Waals surface area contributed by atoms with Crippen molar-refractivity contribution in [3.05, 3.63) is 0 Å². The number of hydrogen-bond acceptors (Lipinski definition) is 9. The van der Waals surface area contributed by atoms with Gasteiger partial charge in [-0.05, 0) is 34.6 Å². The van der Waals surface area contributed by atoms with Crippen LogP contribution in [0.25, 0.3) is 0 Å². The van der Waals surface area contributed by atoms with Crippen LogP contribution < -0.4 is 0 Å². The maximum atomic E-state index is 12.2. The summed E-state index contributed by atoms with van der Waals surface area (Å²) in [5, 5.41) is 0. The lowest BCUT2D eigenvalue weighted by atomic mass is 10.1. The second kappa shape index (κ2) is 10.9. The van der Waals surface area contributed by atoms with Gasteiger partial charge in [-0.25, -0.2) is 4.79 Å². The molecule has 0 aromatic rings. The third-order valence-corrected chi connectivity index (χ3v) is 3.04. The molecule has 0 aliphatic rings. The van der Waals surface area contributed by atoms with E-state index in [9.17, 15) is 19.2 Å². The zero-order valence-corrected chi connectivity index (χ0v) is 17.2. The maximum absolute atomic E-state index is 12.2. The van der Waals surface area contributed by atoms with Gasteiger partial charge in [-0.3, -0.25) is 19.3 Å². The number of hydrogen-bond donors (Lipinski definition) is 0. The van der Waals surface area contributed by atoms with Gasteiger partial charge >= 0.3 is 23.9 Å². The van der Waals surface area contributed by atoms with Crippen LogP contribution in [-0.2, 0) is 38.1 Å². The maximum Gasteiger partial charge on any atom is 0.350 e. The lowest BCUT2D eigenvalue weighted by molar-refractivity contribution is -0.187. The largest absolute Gasteiger partial charge is 0.465 e. The molecule has 156 valence electrons. The van der Waals surface area contributed by atoms with Crippen molar-refractivity contribution < 1.29 is 38.1 Å². The van der Waals surface area contributed by atoms with E-state index >= 15 is 0 Å². The second-order valence-corrected chi connectivity index (χ2v) is 7.44. The van der Waals surface area contributed by atoms with Crippen molar-refractivity contribution in [1.29, 1.82) is 0 Å². The number of nitrogens with zero attached hydrogens (tertiary/aromatic N) is 1. The van der Waals surface area contributed by atoms with Gasteiger partial charge < -0.3 is 18.9 Å². The van der Waals surface area contributed by atoms with Crippen LogP contribution in [0.1, 0.15) is 48.5 Å². The second-order valence-electron chi connectivity index (χ2n) is 7.44. The van der Waals surface area contributed by atoms with Crippen LogP contribution in [0.2, 0.25) is 0 Å². The Labute approximate surface area is 160 Å². The molecular weight excluding hydrogens is 358 g/mol. The van der Waals surface area contributed by atoms with Crippen molar-refractivity contribution in [1.82, 2.24) is 4.90 Å². The van der Waals surface area contributed by atoms with Gasteiger partial charge in [0.2, 0.25) is 5.60 Å². The normalized spacial score (nSPS) is 11.7. The molecule has 0 rings (SSSR count). The van der Waals surface area contributed by atoms with E-state index in [1.807, 2.05) is 0 Å². The Morgan fingerprint density at radius 3 is 1.59 bits per heavy atom. The van der Waals surface area contributed by atoms with E-state index in [-0.39, 0.29) is 32.8 Å². The first-order valence-electron chi connectivity index (χ1n) is 8.67. The van der Waals surface area contributed by atoms with Crippen LogP contribution in [-0.4, -0.2) is 72.8 Å². The fourth-order valence-electron chi connectivity index (χ4n) is 1.85. The van der Waals surface area contributed by atoms with Crippen LogP contribution in [0.5, 0.6) is 0 Å². The van der Waals surface area contributed by atoms with Crippen molar-refractivity contribution in [3.8, 4) is 0 Å². The van der Waals surface area contributed by atoms with E-state index in [1.165, 1.54) is 27.7 Å². The lowest BCUT2D eigenvalue weighted by Crippen LogP contribution is -2.45. The number of carbonyl (C=O) groups excluding carboxylic acids is 4. The summed E-state index contributed by atoms with van der Waals surface area (Å²) in [6.45, 7) is 11.0. The first-order chi connectivity index (χ1) is 12.2. The molecule has 0 aliphatic carbocycles. The molecule has 0 saturated heterocycles. The van der Waals surface area contributed by atoms with Crippen LogP contribution in [0.15, 0.2) is 0 Å². The minimum atomic E-state index is -1.46. The molecule has 0 N–H and O–H groups in total. The quantitative estimate of drug-likeness (QED) is 0.400. The van der Waals surface area contributed by atoms with E-state index in [2.05, 4.69) is 0 Å². The third-order valence-electron chi connectivity index (χ3n) is 3.04. The number of carbonyl (C=O) groups is 4. The minimum Gasteiger partial charge on any atom is -0.465 e. The SMILES string of the molecule is CC(=O)OCCN(CCOC(C)=O)CC(=O)OC(C)(C)C(=O)OC(C)(C)C. The van der Waals surface area contributed by atoms with Crippen LogP contribution in [0.3, 0.4) is 0 Å². The van der Waals surface area contributed by atoms with Gasteiger partial charge in [-0.1, -0.05) is 0 Å². The van der Waals surface area contributed by atoms with Gasteiger partial charge in [0.1, 0.15) is 18.8 Å². The molecule has 0 spiro atoms. The Hall–Kier alpha value is -2.16. The van der Waals surface area contributed by atoms with Crippen LogP contribution >= 0.6 is 0 Å². The summed E-state index contributed by atoms with van der Waals surface area (Å²) in [5.41, 5.74) is -2.16. The summed E-state index contributed by atoms with van der Waals surface area (Å²) in [6.07, 6.45) is 0. The fraction of sp³-hybridized carbons (Fsp3) is 0.778. The molecule has 0 atom stereocenters. The first-order valence-corrected chi connectivity index (χ1v) is 8.67. The summed E-state index contributed by atoms with van der Waals surface area (Å²) in [7, 11) is 0. The van der Waals surface area contributed by atoms with Crippen molar-refractivity contribution in [2.24, 2.45) is 0 Å². The Morgan fingerprint density at radius 2 is 1.22 bits per heavy atom. The molecule has 0 aliphatic heterocycles. The van der Waals surface area contributed by atoms with Gasteiger partial charge in [0, 0.05) is 26.9 Å². The highest BCUT2D eigenvalue weighted by atomic mass is 16.6.